The molecule has 1 fully saturated rings. The predicted octanol–water partition coefficient (Wildman–Crippen LogP) is 8.21. The van der Waals surface area contributed by atoms with Crippen molar-refractivity contribution in [1.29, 1.82) is 0 Å². The minimum Gasteiger partial charge on any atom is -0.487 e. The number of rotatable bonds is 9. The van der Waals surface area contributed by atoms with E-state index in [2.05, 4.69) is 67.3 Å². The van der Waals surface area contributed by atoms with Crippen LogP contribution in [-0.4, -0.2) is 30.8 Å². The van der Waals surface area contributed by atoms with Crippen LogP contribution in [-0.2, 0) is 6.61 Å². The van der Waals surface area contributed by atoms with Gasteiger partial charge in [0.1, 0.15) is 18.6 Å². The molecule has 0 bridgehead atoms. The van der Waals surface area contributed by atoms with Crippen LogP contribution in [0.25, 0.3) is 17.2 Å². The lowest BCUT2D eigenvalue weighted by Gasteiger charge is -2.25. The molecule has 0 unspecified atom stereocenters. The number of nitrogens with zero attached hydrogens (tertiary/aromatic N) is 1. The van der Waals surface area contributed by atoms with Gasteiger partial charge in [-0.15, -0.1) is 0 Å². The van der Waals surface area contributed by atoms with Crippen LogP contribution >= 0.6 is 11.6 Å². The molecule has 0 spiro atoms. The number of halogens is 1. The summed E-state index contributed by atoms with van der Waals surface area (Å²) in [5, 5.41) is 0.451. The molecule has 36 heavy (non-hydrogen) atoms. The minimum absolute atomic E-state index is 0.411. The van der Waals surface area contributed by atoms with E-state index in [-0.39, 0.29) is 0 Å². The fourth-order valence-corrected chi connectivity index (χ4v) is 5.20. The molecule has 1 aliphatic heterocycles. The summed E-state index contributed by atoms with van der Waals surface area (Å²) in [6.07, 6.45) is 10.6. The number of aldehydes is 1. The summed E-state index contributed by atoms with van der Waals surface area (Å²) >= 11 is 6.35. The molecular formula is C32H36ClNO2. The summed E-state index contributed by atoms with van der Waals surface area (Å²) in [6.45, 7) is 10.3. The third kappa shape index (κ3) is 6.27. The highest BCUT2D eigenvalue weighted by Crippen LogP contribution is 2.32. The normalized spacial score (nSPS) is 14.3. The number of aryl methyl sites for hydroxylation is 1. The van der Waals surface area contributed by atoms with Crippen molar-refractivity contribution in [3.05, 3.63) is 93.0 Å². The van der Waals surface area contributed by atoms with E-state index in [1.54, 1.807) is 6.07 Å². The highest BCUT2D eigenvalue weighted by Gasteiger charge is 2.13. The van der Waals surface area contributed by atoms with Crippen molar-refractivity contribution >= 4 is 24.0 Å². The first kappa shape index (κ1) is 26.2. The van der Waals surface area contributed by atoms with Gasteiger partial charge in [0.2, 0.25) is 0 Å². The molecule has 0 radical (unpaired) electrons. The van der Waals surface area contributed by atoms with E-state index in [0.29, 0.717) is 22.9 Å². The van der Waals surface area contributed by atoms with Crippen LogP contribution in [0.15, 0.2) is 54.6 Å². The molecule has 1 heterocycles. The fraction of sp³-hybridized carbons (Fsp3) is 0.344. The number of likely N-dealkylation sites (tertiary alicyclic amines) is 1. The Morgan fingerprint density at radius 3 is 2.39 bits per heavy atom. The highest BCUT2D eigenvalue weighted by molar-refractivity contribution is 6.32. The summed E-state index contributed by atoms with van der Waals surface area (Å²) in [6, 6.07) is 16.4. The summed E-state index contributed by atoms with van der Waals surface area (Å²) in [7, 11) is 0. The molecule has 1 aliphatic rings. The van der Waals surface area contributed by atoms with Gasteiger partial charge in [0.15, 0.2) is 0 Å². The summed E-state index contributed by atoms with van der Waals surface area (Å²) < 4.78 is 6.08. The first-order valence-electron chi connectivity index (χ1n) is 12.9. The molecule has 3 aromatic rings. The number of carbonyl (C=O) groups is 1. The van der Waals surface area contributed by atoms with Crippen LogP contribution in [0.4, 0.5) is 0 Å². The van der Waals surface area contributed by atoms with Crippen molar-refractivity contribution < 1.29 is 9.53 Å². The molecular weight excluding hydrogens is 466 g/mol. The van der Waals surface area contributed by atoms with Gasteiger partial charge in [-0.1, -0.05) is 66.6 Å². The Morgan fingerprint density at radius 1 is 0.917 bits per heavy atom. The van der Waals surface area contributed by atoms with Gasteiger partial charge in [-0.2, -0.15) is 0 Å². The van der Waals surface area contributed by atoms with Gasteiger partial charge in [-0.05, 0) is 104 Å². The Hall–Kier alpha value is -2.88. The Bertz CT molecular complexity index is 1240. The first-order valence-corrected chi connectivity index (χ1v) is 13.3. The van der Waals surface area contributed by atoms with E-state index < -0.39 is 0 Å². The van der Waals surface area contributed by atoms with Gasteiger partial charge in [0.05, 0.1) is 5.02 Å². The molecule has 188 valence electrons. The Labute approximate surface area is 220 Å². The molecule has 3 aromatic carbocycles. The largest absolute Gasteiger partial charge is 0.487 e. The lowest BCUT2D eigenvalue weighted by molar-refractivity contribution is 0.112. The van der Waals surface area contributed by atoms with Gasteiger partial charge in [-0.3, -0.25) is 4.79 Å². The third-order valence-electron chi connectivity index (χ3n) is 7.30. The zero-order chi connectivity index (χ0) is 25.5. The number of benzene rings is 3. The monoisotopic (exact) mass is 501 g/mol. The molecule has 4 heteroatoms. The maximum absolute atomic E-state index is 11.2. The molecule has 0 aromatic heterocycles. The molecule has 3 nitrogen and oxygen atoms in total. The zero-order valence-electron chi connectivity index (χ0n) is 21.6. The van der Waals surface area contributed by atoms with Crippen molar-refractivity contribution in [3.63, 3.8) is 0 Å². The van der Waals surface area contributed by atoms with E-state index in [1.807, 2.05) is 13.0 Å². The molecule has 4 rings (SSSR count). The average molecular weight is 502 g/mol. The number of ether oxygens (including phenoxy) is 1. The third-order valence-corrected chi connectivity index (χ3v) is 7.60. The van der Waals surface area contributed by atoms with Crippen molar-refractivity contribution in [2.45, 2.75) is 53.1 Å². The van der Waals surface area contributed by atoms with Crippen molar-refractivity contribution in [2.75, 3.05) is 19.6 Å². The van der Waals surface area contributed by atoms with Crippen LogP contribution in [0, 0.1) is 20.8 Å². The van der Waals surface area contributed by atoms with Crippen LogP contribution in [0.5, 0.6) is 5.75 Å². The Balaban J connectivity index is 1.48. The van der Waals surface area contributed by atoms with Gasteiger partial charge in [0.25, 0.3) is 0 Å². The van der Waals surface area contributed by atoms with E-state index in [1.165, 1.54) is 60.2 Å². The van der Waals surface area contributed by atoms with E-state index >= 15 is 0 Å². The zero-order valence-corrected chi connectivity index (χ0v) is 22.4. The molecule has 0 atom stereocenters. The standard InChI is InChI=1S/C32H36ClNO2/c1-23-19-32(31(33)20-28(23)21-35)36-22-27-13-10-15-30(25(27)3)29-14-9-12-26(24(29)2)11-5-8-18-34-16-6-4-7-17-34/h5,9-15,19-21H,4,6-8,16-18,22H2,1-3H3. The number of piperidine rings is 1. The van der Waals surface area contributed by atoms with Crippen LogP contribution in [0.3, 0.4) is 0 Å². The second-order valence-electron chi connectivity index (χ2n) is 9.75. The van der Waals surface area contributed by atoms with Crippen LogP contribution in [0.2, 0.25) is 5.02 Å². The summed E-state index contributed by atoms with van der Waals surface area (Å²) in [5.41, 5.74) is 8.77. The molecule has 1 saturated heterocycles. The number of hydrogen-bond donors (Lipinski definition) is 0. The van der Waals surface area contributed by atoms with Gasteiger partial charge in [-0.25, -0.2) is 0 Å². The van der Waals surface area contributed by atoms with Crippen LogP contribution < -0.4 is 4.74 Å². The van der Waals surface area contributed by atoms with E-state index in [4.69, 9.17) is 16.3 Å². The number of hydrogen-bond acceptors (Lipinski definition) is 3. The highest BCUT2D eigenvalue weighted by atomic mass is 35.5. The van der Waals surface area contributed by atoms with Gasteiger partial charge >= 0.3 is 0 Å². The lowest BCUT2D eigenvalue weighted by atomic mass is 9.91. The van der Waals surface area contributed by atoms with Gasteiger partial charge < -0.3 is 9.64 Å². The van der Waals surface area contributed by atoms with E-state index in [0.717, 1.165) is 30.4 Å². The van der Waals surface area contributed by atoms with Crippen LogP contribution in [0.1, 0.15) is 63.9 Å². The lowest BCUT2D eigenvalue weighted by Crippen LogP contribution is -2.30. The predicted molar refractivity (Wildman–Crippen MR) is 151 cm³/mol. The molecule has 0 aliphatic carbocycles. The molecule has 0 amide bonds. The maximum atomic E-state index is 11.2. The number of carbonyl (C=O) groups excluding carboxylic acids is 1. The van der Waals surface area contributed by atoms with Crippen molar-refractivity contribution in [1.82, 2.24) is 4.90 Å². The quantitative estimate of drug-likeness (QED) is 0.276. The molecule has 0 N–H and O–H groups in total. The maximum Gasteiger partial charge on any atom is 0.150 e. The Morgan fingerprint density at radius 2 is 1.64 bits per heavy atom. The average Bonchev–Trinajstić information content (AvgIpc) is 2.89. The summed E-state index contributed by atoms with van der Waals surface area (Å²) in [4.78, 5) is 13.8. The SMILES string of the molecule is Cc1cc(OCc2cccc(-c3cccc(C=CCCN4CCCCC4)c3C)c2C)c(Cl)cc1C=O. The van der Waals surface area contributed by atoms with Crippen molar-refractivity contribution in [3.8, 4) is 16.9 Å². The first-order chi connectivity index (χ1) is 17.5. The molecule has 0 saturated carbocycles. The summed E-state index contributed by atoms with van der Waals surface area (Å²) in [5.74, 6) is 0.595. The minimum atomic E-state index is 0.411. The second kappa shape index (κ2) is 12.4. The smallest absolute Gasteiger partial charge is 0.150 e. The topological polar surface area (TPSA) is 29.5 Å². The second-order valence-corrected chi connectivity index (χ2v) is 10.2. The van der Waals surface area contributed by atoms with Crippen molar-refractivity contribution in [2.24, 2.45) is 0 Å². The van der Waals surface area contributed by atoms with Gasteiger partial charge in [0, 0.05) is 12.1 Å². The van der Waals surface area contributed by atoms with E-state index in [9.17, 15) is 4.79 Å². The Kier molecular flexibility index (Phi) is 9.01. The fourth-order valence-electron chi connectivity index (χ4n) is 4.97.